The van der Waals surface area contributed by atoms with Crippen LogP contribution in [0.25, 0.3) is 0 Å². The average Bonchev–Trinajstić information content (AvgIpc) is 2.39. The fourth-order valence-corrected chi connectivity index (χ4v) is 2.45. The molecule has 2 saturated heterocycles. The van der Waals surface area contributed by atoms with Crippen LogP contribution in [-0.4, -0.2) is 43.2 Å². The summed E-state index contributed by atoms with van der Waals surface area (Å²) in [5.41, 5.74) is 0. The van der Waals surface area contributed by atoms with Gasteiger partial charge in [0.2, 0.25) is 5.91 Å². The number of hydrogen-bond donors (Lipinski definition) is 1. The van der Waals surface area contributed by atoms with Gasteiger partial charge in [0.05, 0.1) is 6.10 Å². The summed E-state index contributed by atoms with van der Waals surface area (Å²) in [5, 5.41) is 0. The third kappa shape index (κ3) is 2.72. The van der Waals surface area contributed by atoms with E-state index >= 15 is 0 Å². The van der Waals surface area contributed by atoms with Crippen LogP contribution in [-0.2, 0) is 14.4 Å². The first-order valence-electron chi connectivity index (χ1n) is 6.03. The second-order valence-corrected chi connectivity index (χ2v) is 4.57. The molecule has 0 aromatic rings. The summed E-state index contributed by atoms with van der Waals surface area (Å²) in [5.74, 6) is 5.58. The van der Waals surface area contributed by atoms with Gasteiger partial charge in [0.1, 0.15) is 0 Å². The average molecular weight is 228 g/mol. The Balaban J connectivity index is 1.87. The van der Waals surface area contributed by atoms with Gasteiger partial charge in [0.25, 0.3) is 0 Å². The van der Waals surface area contributed by atoms with Crippen LogP contribution < -0.4 is 5.90 Å². The number of carbonyl (C=O) groups excluding carboxylic acids is 1. The van der Waals surface area contributed by atoms with Crippen molar-refractivity contribution in [3.05, 3.63) is 0 Å². The van der Waals surface area contributed by atoms with Crippen LogP contribution in [0, 0.1) is 5.92 Å². The van der Waals surface area contributed by atoms with Crippen LogP contribution in [0.2, 0.25) is 0 Å². The van der Waals surface area contributed by atoms with Crippen molar-refractivity contribution in [2.24, 2.45) is 11.8 Å². The van der Waals surface area contributed by atoms with Crippen molar-refractivity contribution in [2.45, 2.75) is 31.8 Å². The van der Waals surface area contributed by atoms with Crippen LogP contribution in [0.5, 0.6) is 0 Å². The topological polar surface area (TPSA) is 64.8 Å². The van der Waals surface area contributed by atoms with Gasteiger partial charge in [-0.3, -0.25) is 9.63 Å². The Morgan fingerprint density at radius 2 is 2.06 bits per heavy atom. The largest absolute Gasteiger partial charge is 0.381 e. The number of nitrogens with zero attached hydrogens (tertiary/aromatic N) is 1. The van der Waals surface area contributed by atoms with Crippen molar-refractivity contribution in [2.75, 3.05) is 26.3 Å². The number of amides is 1. The summed E-state index contributed by atoms with van der Waals surface area (Å²) in [6.07, 6.45) is 3.65. The fourth-order valence-electron chi connectivity index (χ4n) is 2.45. The molecule has 1 amide bonds. The summed E-state index contributed by atoms with van der Waals surface area (Å²) >= 11 is 0. The monoisotopic (exact) mass is 228 g/mol. The first kappa shape index (κ1) is 11.8. The maximum atomic E-state index is 12.2. The van der Waals surface area contributed by atoms with Gasteiger partial charge in [-0.2, -0.15) is 0 Å². The molecule has 0 radical (unpaired) electrons. The molecule has 0 bridgehead atoms. The van der Waals surface area contributed by atoms with Crippen LogP contribution in [0.3, 0.4) is 0 Å². The van der Waals surface area contributed by atoms with Crippen molar-refractivity contribution in [1.82, 2.24) is 4.90 Å². The third-order valence-electron chi connectivity index (χ3n) is 3.45. The second-order valence-electron chi connectivity index (χ2n) is 4.57. The molecule has 1 unspecified atom stereocenters. The first-order chi connectivity index (χ1) is 7.81. The van der Waals surface area contributed by atoms with E-state index in [2.05, 4.69) is 0 Å². The van der Waals surface area contributed by atoms with Crippen LogP contribution in [0.1, 0.15) is 25.7 Å². The number of rotatable bonds is 2. The zero-order valence-corrected chi connectivity index (χ0v) is 9.56. The van der Waals surface area contributed by atoms with E-state index in [9.17, 15) is 4.79 Å². The minimum atomic E-state index is 0.0116. The minimum Gasteiger partial charge on any atom is -0.381 e. The molecule has 2 heterocycles. The molecule has 2 fully saturated rings. The zero-order chi connectivity index (χ0) is 11.4. The number of carbonyl (C=O) groups is 1. The molecule has 1 atom stereocenters. The molecular weight excluding hydrogens is 208 g/mol. The molecule has 0 saturated carbocycles. The SMILES string of the molecule is NOC1CCCN(C(=O)C2CCOCC2)C1. The lowest BCUT2D eigenvalue weighted by Gasteiger charge is -2.34. The van der Waals surface area contributed by atoms with Gasteiger partial charge in [-0.1, -0.05) is 0 Å². The Labute approximate surface area is 95.8 Å². The molecule has 2 rings (SSSR count). The number of hydrogen-bond acceptors (Lipinski definition) is 4. The number of piperidine rings is 1. The summed E-state index contributed by atoms with van der Waals surface area (Å²) < 4.78 is 5.26. The Bertz CT molecular complexity index is 241. The Hall–Kier alpha value is -0.650. The minimum absolute atomic E-state index is 0.0116. The summed E-state index contributed by atoms with van der Waals surface area (Å²) in [6.45, 7) is 2.91. The van der Waals surface area contributed by atoms with Crippen molar-refractivity contribution < 1.29 is 14.4 Å². The summed E-state index contributed by atoms with van der Waals surface area (Å²) in [4.78, 5) is 18.9. The van der Waals surface area contributed by atoms with Crippen molar-refractivity contribution in [3.8, 4) is 0 Å². The van der Waals surface area contributed by atoms with E-state index in [-0.39, 0.29) is 17.9 Å². The normalized spacial score (nSPS) is 28.1. The highest BCUT2D eigenvalue weighted by Crippen LogP contribution is 2.20. The number of likely N-dealkylation sites (tertiary alicyclic amines) is 1. The lowest BCUT2D eigenvalue weighted by Crippen LogP contribution is -2.47. The highest BCUT2D eigenvalue weighted by Gasteiger charge is 2.30. The van der Waals surface area contributed by atoms with Gasteiger partial charge in [-0.15, -0.1) is 0 Å². The predicted octanol–water partition coefficient (Wildman–Crippen LogP) is 0.294. The van der Waals surface area contributed by atoms with E-state index in [4.69, 9.17) is 15.5 Å². The molecular formula is C11H20N2O3. The molecule has 2 aliphatic rings. The van der Waals surface area contributed by atoms with E-state index in [0.717, 1.165) is 32.2 Å². The quantitative estimate of drug-likeness (QED) is 0.690. The van der Waals surface area contributed by atoms with Gasteiger partial charge in [-0.05, 0) is 25.7 Å². The van der Waals surface area contributed by atoms with E-state index in [1.54, 1.807) is 0 Å². The van der Waals surface area contributed by atoms with Gasteiger partial charge in [0.15, 0.2) is 0 Å². The van der Waals surface area contributed by atoms with Crippen molar-refractivity contribution >= 4 is 5.91 Å². The second kappa shape index (κ2) is 5.61. The number of ether oxygens (including phenoxy) is 1. The maximum Gasteiger partial charge on any atom is 0.225 e. The van der Waals surface area contributed by atoms with E-state index < -0.39 is 0 Å². The highest BCUT2D eigenvalue weighted by atomic mass is 16.6. The molecule has 2 aliphatic heterocycles. The van der Waals surface area contributed by atoms with E-state index in [0.29, 0.717) is 19.8 Å². The standard InChI is InChI=1S/C11H20N2O3/c12-16-10-2-1-5-13(8-10)11(14)9-3-6-15-7-4-9/h9-10H,1-8,12H2. The van der Waals surface area contributed by atoms with Gasteiger partial charge in [0, 0.05) is 32.2 Å². The third-order valence-corrected chi connectivity index (χ3v) is 3.45. The molecule has 16 heavy (non-hydrogen) atoms. The Morgan fingerprint density at radius 1 is 1.31 bits per heavy atom. The van der Waals surface area contributed by atoms with Crippen LogP contribution in [0.15, 0.2) is 0 Å². The van der Waals surface area contributed by atoms with Gasteiger partial charge >= 0.3 is 0 Å². The van der Waals surface area contributed by atoms with Crippen LogP contribution in [0.4, 0.5) is 0 Å². The smallest absolute Gasteiger partial charge is 0.225 e. The van der Waals surface area contributed by atoms with Crippen molar-refractivity contribution in [1.29, 1.82) is 0 Å². The van der Waals surface area contributed by atoms with E-state index in [1.807, 2.05) is 4.90 Å². The Kier molecular flexibility index (Phi) is 4.15. The maximum absolute atomic E-state index is 12.2. The summed E-state index contributed by atoms with van der Waals surface area (Å²) in [7, 11) is 0. The summed E-state index contributed by atoms with van der Waals surface area (Å²) in [6, 6.07) is 0. The molecule has 5 nitrogen and oxygen atoms in total. The fraction of sp³-hybridized carbons (Fsp3) is 0.909. The van der Waals surface area contributed by atoms with Crippen LogP contribution >= 0.6 is 0 Å². The molecule has 0 aliphatic carbocycles. The van der Waals surface area contributed by atoms with E-state index in [1.165, 1.54) is 0 Å². The molecule has 0 aromatic carbocycles. The predicted molar refractivity (Wildman–Crippen MR) is 58.4 cm³/mol. The molecule has 5 heteroatoms. The molecule has 2 N–H and O–H groups in total. The number of nitrogens with two attached hydrogens (primary N) is 1. The Morgan fingerprint density at radius 3 is 2.75 bits per heavy atom. The zero-order valence-electron chi connectivity index (χ0n) is 9.56. The van der Waals surface area contributed by atoms with Gasteiger partial charge in [-0.25, -0.2) is 5.90 Å². The van der Waals surface area contributed by atoms with Crippen molar-refractivity contribution in [3.63, 3.8) is 0 Å². The molecule has 0 spiro atoms. The first-order valence-corrected chi connectivity index (χ1v) is 6.03. The van der Waals surface area contributed by atoms with Gasteiger partial charge < -0.3 is 9.64 Å². The molecule has 92 valence electrons. The lowest BCUT2D eigenvalue weighted by molar-refractivity contribution is -0.142. The molecule has 0 aromatic heterocycles. The highest BCUT2D eigenvalue weighted by molar-refractivity contribution is 5.79. The lowest BCUT2D eigenvalue weighted by atomic mass is 9.97.